The van der Waals surface area contributed by atoms with Crippen LogP contribution in [0.25, 0.3) is 32.7 Å². The van der Waals surface area contributed by atoms with Crippen molar-refractivity contribution in [3.8, 4) is 22.6 Å². The third-order valence-corrected chi connectivity index (χ3v) is 11.7. The number of hydrogen-bond acceptors (Lipinski definition) is 16. The lowest BCUT2D eigenvalue weighted by molar-refractivity contribution is 0.479. The average Bonchev–Trinajstić information content (AvgIpc) is 3.09. The standard InChI is InChI=1S/C32H24N6O14S4/c33-31-21(13-27(55(47,48)49)19-3-1-5-23(39)29(19)31)37-35-15-7-9-17(25(11-15)53(41,42)43)18-10-8-16(12-26(18)54(44,45)46)36-38-22-14-28(56(50,51)52)20-4-2-6-24(40)30(20)32(22)34/h1-14,39-40H,33-34H2,(H,41,42,43)(H,44,45,46)(H,47,48,49)(H,50,51,52). The van der Waals surface area contributed by atoms with Crippen molar-refractivity contribution in [3.63, 3.8) is 0 Å². The van der Waals surface area contributed by atoms with Crippen LogP contribution >= 0.6 is 0 Å². The Morgan fingerprint density at radius 3 is 1.09 bits per heavy atom. The summed E-state index contributed by atoms with van der Waals surface area (Å²) in [5.74, 6) is -0.932. The topological polar surface area (TPSA) is 359 Å². The molecule has 0 spiro atoms. The molecule has 0 aliphatic rings. The van der Waals surface area contributed by atoms with Crippen LogP contribution < -0.4 is 11.5 Å². The van der Waals surface area contributed by atoms with E-state index in [1.807, 2.05) is 0 Å². The maximum atomic E-state index is 12.6. The molecule has 56 heavy (non-hydrogen) atoms. The minimum absolute atomic E-state index is 0.145. The number of hydrogen-bond donors (Lipinski definition) is 8. The molecule has 0 bridgehead atoms. The minimum Gasteiger partial charge on any atom is -0.507 e. The van der Waals surface area contributed by atoms with Crippen molar-refractivity contribution in [1.82, 2.24) is 0 Å². The highest BCUT2D eigenvalue weighted by Crippen LogP contribution is 2.43. The van der Waals surface area contributed by atoms with E-state index in [0.29, 0.717) is 0 Å². The zero-order chi connectivity index (χ0) is 41.1. The molecular formula is C32H24N6O14S4. The first kappa shape index (κ1) is 39.6. The zero-order valence-corrected chi connectivity index (χ0v) is 30.9. The third kappa shape index (κ3) is 7.57. The maximum absolute atomic E-state index is 12.6. The fourth-order valence-corrected chi connectivity index (χ4v) is 8.57. The van der Waals surface area contributed by atoms with Crippen molar-refractivity contribution in [1.29, 1.82) is 0 Å². The molecule has 0 atom stereocenters. The number of rotatable bonds is 9. The summed E-state index contributed by atoms with van der Waals surface area (Å²) in [6.45, 7) is 0. The van der Waals surface area contributed by atoms with Crippen LogP contribution in [0.15, 0.2) is 125 Å². The van der Waals surface area contributed by atoms with E-state index in [4.69, 9.17) is 11.5 Å². The number of phenols is 2. The lowest BCUT2D eigenvalue weighted by Gasteiger charge is -2.13. The highest BCUT2D eigenvalue weighted by molar-refractivity contribution is 7.87. The van der Waals surface area contributed by atoms with E-state index < -0.39 is 82.7 Å². The number of fused-ring (bicyclic) bond motifs is 2. The molecule has 0 fully saturated rings. The van der Waals surface area contributed by atoms with Crippen LogP contribution in [0.1, 0.15) is 0 Å². The second-order valence-electron chi connectivity index (χ2n) is 11.7. The Hall–Kier alpha value is -6.12. The van der Waals surface area contributed by atoms with Crippen LogP contribution in [-0.2, 0) is 40.5 Å². The highest BCUT2D eigenvalue weighted by atomic mass is 32.2. The SMILES string of the molecule is Nc1c(N=Nc2ccc(-c3ccc(N=Nc4cc(S(=O)(=O)O)c5cccc(O)c5c4N)cc3S(=O)(=O)O)c(S(=O)(=O)O)c2)cc(S(=O)(=O)O)c2cccc(O)c12. The van der Waals surface area contributed by atoms with E-state index in [0.717, 1.165) is 48.5 Å². The van der Waals surface area contributed by atoms with E-state index in [1.54, 1.807) is 0 Å². The van der Waals surface area contributed by atoms with Gasteiger partial charge in [-0.1, -0.05) is 36.4 Å². The van der Waals surface area contributed by atoms with E-state index in [9.17, 15) is 62.1 Å². The summed E-state index contributed by atoms with van der Waals surface area (Å²) >= 11 is 0. The van der Waals surface area contributed by atoms with E-state index in [2.05, 4.69) is 20.5 Å². The monoisotopic (exact) mass is 844 g/mol. The van der Waals surface area contributed by atoms with E-state index >= 15 is 0 Å². The summed E-state index contributed by atoms with van der Waals surface area (Å²) in [5.41, 5.74) is 9.25. The van der Waals surface area contributed by atoms with Gasteiger partial charge in [-0.3, -0.25) is 18.2 Å². The van der Waals surface area contributed by atoms with Crippen molar-refractivity contribution >= 4 is 96.1 Å². The van der Waals surface area contributed by atoms with Crippen LogP contribution in [0.2, 0.25) is 0 Å². The largest absolute Gasteiger partial charge is 0.507 e. The summed E-state index contributed by atoms with van der Waals surface area (Å²) in [6.07, 6.45) is 0. The molecule has 290 valence electrons. The Kier molecular flexibility index (Phi) is 9.80. The predicted octanol–water partition coefficient (Wildman–Crippen LogP) is 6.05. The molecule has 10 N–H and O–H groups in total. The van der Waals surface area contributed by atoms with Gasteiger partial charge in [0.2, 0.25) is 0 Å². The molecule has 6 aromatic carbocycles. The van der Waals surface area contributed by atoms with Gasteiger partial charge in [0.15, 0.2) is 0 Å². The molecule has 6 rings (SSSR count). The Labute approximate surface area is 316 Å². The van der Waals surface area contributed by atoms with Gasteiger partial charge in [0.05, 0.1) is 33.5 Å². The van der Waals surface area contributed by atoms with Crippen molar-refractivity contribution in [2.75, 3.05) is 11.5 Å². The Morgan fingerprint density at radius 2 is 0.768 bits per heavy atom. The fraction of sp³-hybridized carbons (Fsp3) is 0. The highest BCUT2D eigenvalue weighted by Gasteiger charge is 2.26. The van der Waals surface area contributed by atoms with Gasteiger partial charge in [-0.05, 0) is 48.5 Å². The van der Waals surface area contributed by atoms with Gasteiger partial charge in [0.25, 0.3) is 40.5 Å². The number of nitrogens with zero attached hydrogens (tertiary/aromatic N) is 4. The Morgan fingerprint density at radius 1 is 0.429 bits per heavy atom. The first-order valence-corrected chi connectivity index (χ1v) is 20.8. The first-order chi connectivity index (χ1) is 26.0. The van der Waals surface area contributed by atoms with Gasteiger partial charge >= 0.3 is 0 Å². The summed E-state index contributed by atoms with van der Waals surface area (Å²) in [7, 11) is -20.2. The lowest BCUT2D eigenvalue weighted by atomic mass is 10.0. The molecule has 0 aromatic heterocycles. The molecule has 0 saturated carbocycles. The van der Waals surface area contributed by atoms with Gasteiger partial charge < -0.3 is 21.7 Å². The van der Waals surface area contributed by atoms with Crippen LogP contribution in [0.3, 0.4) is 0 Å². The minimum atomic E-state index is -5.21. The predicted molar refractivity (Wildman–Crippen MR) is 200 cm³/mol. The van der Waals surface area contributed by atoms with Crippen LogP contribution in [0.4, 0.5) is 34.1 Å². The molecule has 20 nitrogen and oxygen atoms in total. The molecule has 0 amide bonds. The number of benzene rings is 6. The quantitative estimate of drug-likeness (QED) is 0.0466. The second kappa shape index (κ2) is 13.9. The average molecular weight is 845 g/mol. The van der Waals surface area contributed by atoms with Gasteiger partial charge in [-0.2, -0.15) is 43.9 Å². The second-order valence-corrected chi connectivity index (χ2v) is 17.2. The van der Waals surface area contributed by atoms with Crippen LogP contribution in [0.5, 0.6) is 11.5 Å². The summed E-state index contributed by atoms with van der Waals surface area (Å²) in [5, 5.41) is 35.4. The molecule has 0 saturated heterocycles. The molecule has 0 unspecified atom stereocenters. The normalized spacial score (nSPS) is 13.0. The van der Waals surface area contributed by atoms with Gasteiger partial charge in [-0.15, -0.1) is 10.2 Å². The maximum Gasteiger partial charge on any atom is 0.295 e. The van der Waals surface area contributed by atoms with Crippen molar-refractivity contribution in [2.45, 2.75) is 19.6 Å². The van der Waals surface area contributed by atoms with E-state index in [-0.39, 0.29) is 55.7 Å². The first-order valence-electron chi connectivity index (χ1n) is 15.1. The summed E-state index contributed by atoms with van der Waals surface area (Å²) in [6, 6.07) is 14.9. The number of phenolic OH excluding ortho intramolecular Hbond substituents is 2. The number of aromatic hydroxyl groups is 2. The molecule has 24 heteroatoms. The molecule has 0 aliphatic carbocycles. The number of azo groups is 2. The molecule has 0 heterocycles. The van der Waals surface area contributed by atoms with Gasteiger partial charge in [0, 0.05) is 21.9 Å². The van der Waals surface area contributed by atoms with Crippen molar-refractivity contribution < 1.29 is 62.1 Å². The summed E-state index contributed by atoms with van der Waals surface area (Å²) in [4.78, 5) is -3.27. The number of anilines is 2. The molecule has 0 aliphatic heterocycles. The zero-order valence-electron chi connectivity index (χ0n) is 27.6. The third-order valence-electron chi connectivity index (χ3n) is 8.12. The molecule has 0 radical (unpaired) electrons. The Balaban J connectivity index is 1.45. The van der Waals surface area contributed by atoms with Crippen LogP contribution in [0, 0.1) is 0 Å². The summed E-state index contributed by atoms with van der Waals surface area (Å²) < 4.78 is 139. The van der Waals surface area contributed by atoms with Crippen molar-refractivity contribution in [3.05, 3.63) is 84.9 Å². The fourth-order valence-electron chi connectivity index (χ4n) is 5.71. The van der Waals surface area contributed by atoms with Gasteiger partial charge in [0.1, 0.15) is 42.5 Å². The van der Waals surface area contributed by atoms with Gasteiger partial charge in [-0.25, -0.2) is 0 Å². The number of nitrogen functional groups attached to an aromatic ring is 2. The Bertz CT molecular complexity index is 2980. The molecule has 6 aromatic rings. The smallest absolute Gasteiger partial charge is 0.295 e. The van der Waals surface area contributed by atoms with Crippen molar-refractivity contribution in [2.24, 2.45) is 20.5 Å². The van der Waals surface area contributed by atoms with E-state index in [1.165, 1.54) is 36.4 Å². The number of nitrogens with two attached hydrogens (primary N) is 2. The molecular weight excluding hydrogens is 821 g/mol. The van der Waals surface area contributed by atoms with Crippen LogP contribution in [-0.4, -0.2) is 62.1 Å². The lowest BCUT2D eigenvalue weighted by Crippen LogP contribution is -2.05.